The fourth-order valence-corrected chi connectivity index (χ4v) is 1.23. The lowest BCUT2D eigenvalue weighted by Gasteiger charge is -2.13. The van der Waals surface area contributed by atoms with E-state index in [1.165, 1.54) is 0 Å². The van der Waals surface area contributed by atoms with Gasteiger partial charge < -0.3 is 30.6 Å². The minimum atomic E-state index is -2.09. The number of phenolic OH excluding ortho intramolecular Hbond substituents is 1. The minimum absolute atomic E-state index is 0.409. The van der Waals surface area contributed by atoms with Gasteiger partial charge in [-0.05, 0) is 12.1 Å². The molecule has 0 unspecified atom stereocenters. The predicted octanol–water partition coefficient (Wildman–Crippen LogP) is -0.943. The van der Waals surface area contributed by atoms with Crippen molar-refractivity contribution in [1.82, 2.24) is 0 Å². The van der Waals surface area contributed by atoms with Crippen LogP contribution in [-0.2, 0) is 0 Å². The van der Waals surface area contributed by atoms with Gasteiger partial charge in [0.1, 0.15) is 5.75 Å². The Morgan fingerprint density at radius 2 is 1.50 bits per heavy atom. The van der Waals surface area contributed by atoms with E-state index in [9.17, 15) is 9.90 Å². The van der Waals surface area contributed by atoms with E-state index >= 15 is 0 Å². The number of benzene rings is 1. The molecule has 0 aromatic heterocycles. The molecule has 0 heterocycles. The quantitative estimate of drug-likeness (QED) is 0.368. The standard InChI is InChI=1S/C9H10O7/c10-6-2-4(8(13)14)3(7(11)12)1-5(6)9(15)16/h1-2,7,9-12,15-16H,(H,13,14). The van der Waals surface area contributed by atoms with Gasteiger partial charge >= 0.3 is 5.97 Å². The second-order valence-corrected chi connectivity index (χ2v) is 3.05. The van der Waals surface area contributed by atoms with Crippen molar-refractivity contribution in [3.05, 3.63) is 28.8 Å². The molecule has 7 heteroatoms. The molecule has 0 spiro atoms. The highest BCUT2D eigenvalue weighted by molar-refractivity contribution is 5.90. The van der Waals surface area contributed by atoms with E-state index in [1.807, 2.05) is 0 Å². The lowest BCUT2D eigenvalue weighted by Crippen LogP contribution is -2.09. The number of carboxylic acids is 1. The van der Waals surface area contributed by atoms with Gasteiger partial charge in [0.2, 0.25) is 0 Å². The van der Waals surface area contributed by atoms with Gasteiger partial charge in [-0.1, -0.05) is 0 Å². The van der Waals surface area contributed by atoms with Crippen molar-refractivity contribution in [1.29, 1.82) is 0 Å². The van der Waals surface area contributed by atoms with Crippen LogP contribution < -0.4 is 0 Å². The highest BCUT2D eigenvalue weighted by Crippen LogP contribution is 2.29. The highest BCUT2D eigenvalue weighted by atomic mass is 16.5. The first-order valence-corrected chi connectivity index (χ1v) is 4.17. The fourth-order valence-electron chi connectivity index (χ4n) is 1.23. The van der Waals surface area contributed by atoms with Crippen molar-refractivity contribution in [2.24, 2.45) is 0 Å². The Bertz CT molecular complexity index is 411. The molecule has 0 aliphatic heterocycles. The Hall–Kier alpha value is -1.67. The van der Waals surface area contributed by atoms with Crippen LogP contribution in [0.25, 0.3) is 0 Å². The molecule has 0 bridgehead atoms. The summed E-state index contributed by atoms with van der Waals surface area (Å²) in [5, 5.41) is 53.4. The number of hydrogen-bond acceptors (Lipinski definition) is 6. The normalized spacial score (nSPS) is 11.1. The molecule has 0 saturated heterocycles. The van der Waals surface area contributed by atoms with Crippen LogP contribution in [-0.4, -0.2) is 36.6 Å². The van der Waals surface area contributed by atoms with Crippen LogP contribution >= 0.6 is 0 Å². The maximum atomic E-state index is 10.7. The maximum Gasteiger partial charge on any atom is 0.336 e. The van der Waals surface area contributed by atoms with Crippen molar-refractivity contribution in [3.8, 4) is 5.75 Å². The largest absolute Gasteiger partial charge is 0.507 e. The van der Waals surface area contributed by atoms with Crippen LogP contribution in [0.3, 0.4) is 0 Å². The molecule has 0 amide bonds. The lowest BCUT2D eigenvalue weighted by molar-refractivity contribution is -0.0488. The summed E-state index contributed by atoms with van der Waals surface area (Å²) < 4.78 is 0. The zero-order valence-electron chi connectivity index (χ0n) is 7.90. The monoisotopic (exact) mass is 230 g/mol. The Morgan fingerprint density at radius 3 is 1.88 bits per heavy atom. The maximum absolute atomic E-state index is 10.7. The van der Waals surface area contributed by atoms with Gasteiger partial charge in [-0.25, -0.2) is 4.79 Å². The molecule has 0 aliphatic rings. The molecular formula is C9H10O7. The van der Waals surface area contributed by atoms with Crippen molar-refractivity contribution in [3.63, 3.8) is 0 Å². The van der Waals surface area contributed by atoms with Gasteiger partial charge in [0.25, 0.3) is 0 Å². The van der Waals surface area contributed by atoms with Crippen molar-refractivity contribution in [2.75, 3.05) is 0 Å². The molecule has 1 rings (SSSR count). The van der Waals surface area contributed by atoms with Crippen molar-refractivity contribution < 1.29 is 35.4 Å². The predicted molar refractivity (Wildman–Crippen MR) is 49.4 cm³/mol. The number of carboxylic acid groups (broad SMARTS) is 1. The van der Waals surface area contributed by atoms with Gasteiger partial charge in [0, 0.05) is 11.1 Å². The van der Waals surface area contributed by atoms with E-state index in [4.69, 9.17) is 25.5 Å². The molecule has 0 aliphatic carbocycles. The Balaban J connectivity index is 3.43. The first-order chi connectivity index (χ1) is 7.34. The summed E-state index contributed by atoms with van der Waals surface area (Å²) in [6.45, 7) is 0. The van der Waals surface area contributed by atoms with Gasteiger partial charge in [-0.2, -0.15) is 0 Å². The van der Waals surface area contributed by atoms with Gasteiger partial charge in [0.05, 0.1) is 5.56 Å². The van der Waals surface area contributed by atoms with Crippen LogP contribution in [0.2, 0.25) is 0 Å². The number of aliphatic hydroxyl groups excluding tert-OH is 2. The molecule has 0 atom stereocenters. The van der Waals surface area contributed by atoms with E-state index in [2.05, 4.69) is 0 Å². The number of aliphatic hydroxyl groups is 4. The van der Waals surface area contributed by atoms with Crippen LogP contribution in [0.5, 0.6) is 5.75 Å². The SMILES string of the molecule is O=C(O)c1cc(O)c(C(O)O)cc1C(O)O. The Kier molecular flexibility index (Phi) is 3.45. The molecule has 16 heavy (non-hydrogen) atoms. The van der Waals surface area contributed by atoms with E-state index in [0.29, 0.717) is 6.07 Å². The topological polar surface area (TPSA) is 138 Å². The lowest BCUT2D eigenvalue weighted by atomic mass is 10.0. The number of phenols is 1. The zero-order valence-corrected chi connectivity index (χ0v) is 7.90. The average Bonchev–Trinajstić information content (AvgIpc) is 2.15. The summed E-state index contributed by atoms with van der Waals surface area (Å²) in [6, 6.07) is 1.51. The van der Waals surface area contributed by atoms with E-state index < -0.39 is 41.0 Å². The molecule has 0 radical (unpaired) electrons. The zero-order chi connectivity index (χ0) is 12.5. The molecule has 7 nitrogen and oxygen atoms in total. The van der Waals surface area contributed by atoms with Gasteiger partial charge in [0.15, 0.2) is 12.6 Å². The fraction of sp³-hybridized carbons (Fsp3) is 0.222. The smallest absolute Gasteiger partial charge is 0.336 e. The number of aromatic hydroxyl groups is 1. The number of carbonyl (C=O) groups is 1. The third-order valence-corrected chi connectivity index (χ3v) is 1.99. The van der Waals surface area contributed by atoms with Crippen LogP contribution in [0.4, 0.5) is 0 Å². The van der Waals surface area contributed by atoms with Crippen molar-refractivity contribution >= 4 is 5.97 Å². The van der Waals surface area contributed by atoms with Crippen LogP contribution in [0.1, 0.15) is 34.1 Å². The molecule has 1 aromatic carbocycles. The third kappa shape index (κ3) is 2.28. The average molecular weight is 230 g/mol. The Labute approximate surface area is 89.5 Å². The van der Waals surface area contributed by atoms with Gasteiger partial charge in [-0.3, -0.25) is 0 Å². The summed E-state index contributed by atoms with van der Waals surface area (Å²) in [6.07, 6.45) is -4.13. The highest BCUT2D eigenvalue weighted by Gasteiger charge is 2.20. The molecule has 0 fully saturated rings. The number of rotatable bonds is 3. The second-order valence-electron chi connectivity index (χ2n) is 3.05. The summed E-state index contributed by atoms with van der Waals surface area (Å²) in [5.41, 5.74) is -1.38. The number of hydrogen-bond donors (Lipinski definition) is 6. The summed E-state index contributed by atoms with van der Waals surface area (Å²) in [5.74, 6) is -2.13. The van der Waals surface area contributed by atoms with E-state index in [0.717, 1.165) is 6.07 Å². The molecule has 6 N–H and O–H groups in total. The first kappa shape index (κ1) is 12.4. The Morgan fingerprint density at radius 1 is 1.00 bits per heavy atom. The van der Waals surface area contributed by atoms with E-state index in [-0.39, 0.29) is 0 Å². The van der Waals surface area contributed by atoms with Crippen LogP contribution in [0.15, 0.2) is 12.1 Å². The van der Waals surface area contributed by atoms with Crippen LogP contribution in [0, 0.1) is 0 Å². The first-order valence-electron chi connectivity index (χ1n) is 4.17. The van der Waals surface area contributed by atoms with Gasteiger partial charge in [-0.15, -0.1) is 0 Å². The number of aromatic carboxylic acids is 1. The second kappa shape index (κ2) is 4.45. The molecular weight excluding hydrogens is 220 g/mol. The van der Waals surface area contributed by atoms with E-state index in [1.54, 1.807) is 0 Å². The molecule has 88 valence electrons. The summed E-state index contributed by atoms with van der Waals surface area (Å²) in [4.78, 5) is 10.7. The third-order valence-electron chi connectivity index (χ3n) is 1.99. The summed E-state index contributed by atoms with van der Waals surface area (Å²) >= 11 is 0. The van der Waals surface area contributed by atoms with Crippen molar-refractivity contribution in [2.45, 2.75) is 12.6 Å². The molecule has 0 saturated carbocycles. The minimum Gasteiger partial charge on any atom is -0.507 e. The summed E-state index contributed by atoms with van der Waals surface area (Å²) in [7, 11) is 0. The molecule has 1 aromatic rings.